The van der Waals surface area contributed by atoms with Crippen LogP contribution in [0.2, 0.25) is 0 Å². The molecule has 10 rings (SSSR count). The number of hydrogen-bond donors (Lipinski definition) is 0. The Hall–Kier alpha value is -6.38. The van der Waals surface area contributed by atoms with Crippen molar-refractivity contribution in [3.8, 4) is 39.1 Å². The van der Waals surface area contributed by atoms with Gasteiger partial charge in [0.2, 0.25) is 0 Å². The Morgan fingerprint density at radius 1 is 0.380 bits per heavy atom. The Bertz CT molecular complexity index is 2740. The molecule has 8 aromatic carbocycles. The molecule has 0 aliphatic carbocycles. The maximum atomic E-state index is 2.52. The molecule has 1 aliphatic heterocycles. The lowest BCUT2D eigenvalue weighted by Gasteiger charge is -2.34. The van der Waals surface area contributed by atoms with Crippen molar-refractivity contribution in [2.45, 2.75) is 13.8 Å². The highest BCUT2D eigenvalue weighted by molar-refractivity contribution is 6.26. The van der Waals surface area contributed by atoms with E-state index in [0.29, 0.717) is 0 Å². The molecule has 0 atom stereocenters. The van der Waals surface area contributed by atoms with Gasteiger partial charge in [-0.15, -0.1) is 0 Å². The topological polar surface area (TPSA) is 8.17 Å². The Labute approximate surface area is 292 Å². The van der Waals surface area contributed by atoms with E-state index in [2.05, 4.69) is 193 Å². The molecule has 0 N–H and O–H groups in total. The van der Waals surface area contributed by atoms with Crippen LogP contribution in [-0.4, -0.2) is 4.57 Å². The molecule has 0 amide bonds. The number of anilines is 3. The highest BCUT2D eigenvalue weighted by atomic mass is 15.2. The SMILES string of the molecule is Cc1cc(C)cc(-n2c3ccc(-c4ccccc4)cc3c3c4c(ccc32)-c2ccc(-c3ccccc3)c3cccc(c23)N4c2ccccc2)c1. The van der Waals surface area contributed by atoms with Crippen LogP contribution in [-0.2, 0) is 0 Å². The summed E-state index contributed by atoms with van der Waals surface area (Å²) in [6.45, 7) is 4.39. The zero-order valence-corrected chi connectivity index (χ0v) is 28.1. The molecule has 0 saturated carbocycles. The number of aromatic nitrogens is 1. The Balaban J connectivity index is 1.37. The van der Waals surface area contributed by atoms with E-state index in [0.717, 1.165) is 5.69 Å². The monoisotopic (exact) mass is 638 g/mol. The summed E-state index contributed by atoms with van der Waals surface area (Å²) in [6, 6.07) is 62.5. The van der Waals surface area contributed by atoms with Gasteiger partial charge in [-0.3, -0.25) is 0 Å². The first-order valence-electron chi connectivity index (χ1n) is 17.4. The van der Waals surface area contributed by atoms with Crippen LogP contribution in [0.25, 0.3) is 71.6 Å². The van der Waals surface area contributed by atoms with E-state index >= 15 is 0 Å². The van der Waals surface area contributed by atoms with E-state index < -0.39 is 0 Å². The number of para-hydroxylation sites is 1. The van der Waals surface area contributed by atoms with Gasteiger partial charge in [-0.2, -0.15) is 0 Å². The fourth-order valence-corrected chi connectivity index (χ4v) is 8.34. The molecule has 9 aromatic rings. The average molecular weight is 639 g/mol. The molecule has 0 bridgehead atoms. The van der Waals surface area contributed by atoms with Crippen LogP contribution in [0.3, 0.4) is 0 Å². The van der Waals surface area contributed by atoms with Gasteiger partial charge in [-0.1, -0.05) is 121 Å². The second-order valence-corrected chi connectivity index (χ2v) is 13.5. The lowest BCUT2D eigenvalue weighted by atomic mass is 9.86. The minimum absolute atomic E-state index is 1.15. The highest BCUT2D eigenvalue weighted by Crippen LogP contribution is 2.56. The fraction of sp³-hybridized carbons (Fsp3) is 0.0417. The molecular weight excluding hydrogens is 605 g/mol. The van der Waals surface area contributed by atoms with Crippen LogP contribution in [0.5, 0.6) is 0 Å². The summed E-state index contributed by atoms with van der Waals surface area (Å²) in [6.07, 6.45) is 0. The molecular formula is C48H34N2. The summed E-state index contributed by atoms with van der Waals surface area (Å²) in [5.41, 5.74) is 17.1. The lowest BCUT2D eigenvalue weighted by molar-refractivity contribution is 1.16. The molecule has 1 aliphatic rings. The molecule has 2 heterocycles. The van der Waals surface area contributed by atoms with Gasteiger partial charge < -0.3 is 9.47 Å². The van der Waals surface area contributed by atoms with Crippen LogP contribution in [0.1, 0.15) is 11.1 Å². The number of benzene rings is 8. The number of aryl methyl sites for hydroxylation is 2. The minimum atomic E-state index is 1.15. The summed E-state index contributed by atoms with van der Waals surface area (Å²) in [7, 11) is 0. The first-order valence-corrected chi connectivity index (χ1v) is 17.4. The van der Waals surface area contributed by atoms with Gasteiger partial charge in [0.05, 0.1) is 22.4 Å². The molecule has 0 fully saturated rings. The van der Waals surface area contributed by atoms with Gasteiger partial charge in [0.1, 0.15) is 0 Å². The summed E-state index contributed by atoms with van der Waals surface area (Å²) in [4.78, 5) is 2.52. The number of nitrogens with zero attached hydrogens (tertiary/aromatic N) is 2. The molecule has 0 spiro atoms. The fourth-order valence-electron chi connectivity index (χ4n) is 8.34. The van der Waals surface area contributed by atoms with Crippen LogP contribution >= 0.6 is 0 Å². The van der Waals surface area contributed by atoms with Gasteiger partial charge in [-0.05, 0) is 107 Å². The first kappa shape index (κ1) is 28.6. The van der Waals surface area contributed by atoms with Gasteiger partial charge in [0, 0.05) is 33.1 Å². The van der Waals surface area contributed by atoms with Crippen molar-refractivity contribution in [2.75, 3.05) is 4.90 Å². The normalized spacial score (nSPS) is 12.2. The molecule has 2 heteroatoms. The quantitative estimate of drug-likeness (QED) is 0.186. The van der Waals surface area contributed by atoms with Crippen LogP contribution in [0, 0.1) is 13.8 Å². The van der Waals surface area contributed by atoms with Gasteiger partial charge >= 0.3 is 0 Å². The Kier molecular flexibility index (Phi) is 6.34. The first-order chi connectivity index (χ1) is 24.6. The molecule has 0 unspecified atom stereocenters. The van der Waals surface area contributed by atoms with Gasteiger partial charge in [0.15, 0.2) is 0 Å². The van der Waals surface area contributed by atoms with E-state index in [1.54, 1.807) is 0 Å². The van der Waals surface area contributed by atoms with E-state index in [4.69, 9.17) is 0 Å². The van der Waals surface area contributed by atoms with Crippen molar-refractivity contribution >= 4 is 49.6 Å². The highest BCUT2D eigenvalue weighted by Gasteiger charge is 2.31. The summed E-state index contributed by atoms with van der Waals surface area (Å²) >= 11 is 0. The van der Waals surface area contributed by atoms with Gasteiger partial charge in [0.25, 0.3) is 0 Å². The Morgan fingerprint density at radius 3 is 1.76 bits per heavy atom. The smallest absolute Gasteiger partial charge is 0.0640 e. The third kappa shape index (κ3) is 4.28. The van der Waals surface area contributed by atoms with E-state index in [1.807, 2.05) is 0 Å². The molecule has 1 aromatic heterocycles. The van der Waals surface area contributed by atoms with E-state index in [9.17, 15) is 0 Å². The number of hydrogen-bond acceptors (Lipinski definition) is 1. The van der Waals surface area contributed by atoms with Crippen molar-refractivity contribution in [1.82, 2.24) is 4.57 Å². The third-order valence-electron chi connectivity index (χ3n) is 10.3. The lowest BCUT2D eigenvalue weighted by Crippen LogP contribution is -2.15. The Morgan fingerprint density at radius 2 is 1.02 bits per heavy atom. The second kappa shape index (κ2) is 11.1. The molecule has 236 valence electrons. The maximum absolute atomic E-state index is 2.52. The largest absolute Gasteiger partial charge is 0.309 e. The molecule has 0 saturated heterocycles. The summed E-state index contributed by atoms with van der Waals surface area (Å²) < 4.78 is 2.47. The zero-order chi connectivity index (χ0) is 33.3. The van der Waals surface area contributed by atoms with Crippen molar-refractivity contribution in [3.63, 3.8) is 0 Å². The maximum Gasteiger partial charge on any atom is 0.0640 e. The number of fused-ring (bicyclic) bond motifs is 6. The van der Waals surface area contributed by atoms with E-state index in [-0.39, 0.29) is 0 Å². The van der Waals surface area contributed by atoms with Gasteiger partial charge in [-0.25, -0.2) is 0 Å². The standard InChI is InChI=1S/C48H34N2/c1-31-27-32(2)29-37(28-31)49-43-25-21-35(33-13-6-3-7-14-33)30-42(43)47-45(49)26-24-41-40-23-22-38(34-15-8-4-9-16-34)39-19-12-20-44(46(39)40)50(48(41)47)36-17-10-5-11-18-36/h3-30H,1-2H3. The van der Waals surface area contributed by atoms with E-state index in [1.165, 1.54) is 94.1 Å². The van der Waals surface area contributed by atoms with Crippen molar-refractivity contribution < 1.29 is 0 Å². The van der Waals surface area contributed by atoms with Crippen molar-refractivity contribution in [2.24, 2.45) is 0 Å². The number of rotatable bonds is 4. The molecule has 50 heavy (non-hydrogen) atoms. The second-order valence-electron chi connectivity index (χ2n) is 13.5. The van der Waals surface area contributed by atoms with Crippen molar-refractivity contribution in [3.05, 3.63) is 181 Å². The summed E-state index contributed by atoms with van der Waals surface area (Å²) in [5.74, 6) is 0. The minimum Gasteiger partial charge on any atom is -0.309 e. The third-order valence-corrected chi connectivity index (χ3v) is 10.3. The van der Waals surface area contributed by atoms with Crippen LogP contribution in [0.15, 0.2) is 170 Å². The summed E-state index contributed by atoms with van der Waals surface area (Å²) in [5, 5.41) is 5.05. The van der Waals surface area contributed by atoms with Crippen molar-refractivity contribution in [1.29, 1.82) is 0 Å². The average Bonchev–Trinajstić information content (AvgIpc) is 3.50. The predicted molar refractivity (Wildman–Crippen MR) is 212 cm³/mol. The van der Waals surface area contributed by atoms with Crippen LogP contribution in [0.4, 0.5) is 17.1 Å². The molecule has 2 nitrogen and oxygen atoms in total. The van der Waals surface area contributed by atoms with Crippen LogP contribution < -0.4 is 4.90 Å². The molecule has 0 radical (unpaired) electrons. The zero-order valence-electron chi connectivity index (χ0n) is 28.1. The predicted octanol–water partition coefficient (Wildman–Crippen LogP) is 13.3.